The highest BCUT2D eigenvalue weighted by Gasteiger charge is 2.13. The van der Waals surface area contributed by atoms with Gasteiger partial charge in [-0.1, -0.05) is 44.2 Å². The van der Waals surface area contributed by atoms with Crippen LogP contribution in [0.15, 0.2) is 36.4 Å². The fourth-order valence-corrected chi connectivity index (χ4v) is 2.29. The molecule has 0 radical (unpaired) electrons. The van der Waals surface area contributed by atoms with Crippen molar-refractivity contribution in [2.75, 3.05) is 20.3 Å². The van der Waals surface area contributed by atoms with E-state index in [-0.39, 0.29) is 6.29 Å². The van der Waals surface area contributed by atoms with Crippen molar-refractivity contribution in [2.24, 2.45) is 0 Å². The summed E-state index contributed by atoms with van der Waals surface area (Å²) in [5, 5.41) is 0. The Morgan fingerprint density at radius 3 is 2.57 bits per heavy atom. The second-order valence-electron chi connectivity index (χ2n) is 5.32. The fourth-order valence-electron chi connectivity index (χ4n) is 2.29. The highest BCUT2D eigenvalue weighted by Crippen LogP contribution is 2.34. The fraction of sp³-hybridized carbons (Fsp3) is 0.444. The molecule has 0 heterocycles. The maximum Gasteiger partial charge on any atom is 0.191 e. The lowest BCUT2D eigenvalue weighted by molar-refractivity contribution is -0.137. The first-order valence-corrected chi connectivity index (χ1v) is 7.45. The third kappa shape index (κ3) is 3.96. The number of hydrogen-bond acceptors (Lipinski definition) is 3. The van der Waals surface area contributed by atoms with Crippen LogP contribution in [0, 0.1) is 0 Å². The van der Waals surface area contributed by atoms with Gasteiger partial charge in [0.25, 0.3) is 0 Å². The molecule has 0 aromatic rings. The predicted molar refractivity (Wildman–Crippen MR) is 85.1 cm³/mol. The van der Waals surface area contributed by atoms with Crippen molar-refractivity contribution in [1.29, 1.82) is 0 Å². The summed E-state index contributed by atoms with van der Waals surface area (Å²) in [5.41, 5.74) is 3.62. The van der Waals surface area contributed by atoms with Crippen LogP contribution in [0.5, 0.6) is 5.75 Å². The predicted octanol–water partition coefficient (Wildman–Crippen LogP) is 4.30. The lowest BCUT2D eigenvalue weighted by atomic mass is 10.0. The Bertz CT molecular complexity index is 536. The van der Waals surface area contributed by atoms with Crippen LogP contribution in [-0.2, 0) is 9.47 Å². The van der Waals surface area contributed by atoms with Crippen LogP contribution >= 0.6 is 0 Å². The monoisotopic (exact) mass is 288 g/mol. The standard InChI is InChI=1S/C18H24O3/c1-5-20-18(19-4)12-21-17-10-9-14(13(2)3)11-15-7-6-8-16(15)17/h6-11,13,18H,5,12H2,1-4H3. The first-order chi connectivity index (χ1) is 10.2. The molecule has 1 atom stereocenters. The third-order valence-corrected chi connectivity index (χ3v) is 3.52. The van der Waals surface area contributed by atoms with Gasteiger partial charge in [0.05, 0.1) is 0 Å². The zero-order valence-corrected chi connectivity index (χ0v) is 13.3. The largest absolute Gasteiger partial charge is 0.488 e. The Morgan fingerprint density at radius 1 is 1.10 bits per heavy atom. The van der Waals surface area contributed by atoms with Gasteiger partial charge in [0.2, 0.25) is 0 Å². The van der Waals surface area contributed by atoms with Crippen LogP contribution in [0.2, 0.25) is 0 Å². The summed E-state index contributed by atoms with van der Waals surface area (Å²) in [6.07, 6.45) is -0.338. The van der Waals surface area contributed by atoms with E-state index in [1.165, 1.54) is 11.1 Å². The Morgan fingerprint density at radius 2 is 1.90 bits per heavy atom. The summed E-state index contributed by atoms with van der Waals surface area (Å²) in [6.45, 7) is 7.32. The second kappa shape index (κ2) is 7.43. The molecule has 114 valence electrons. The summed E-state index contributed by atoms with van der Waals surface area (Å²) in [4.78, 5) is 0. The zero-order valence-electron chi connectivity index (χ0n) is 13.3. The molecule has 0 saturated carbocycles. The lowest BCUT2D eigenvalue weighted by Crippen LogP contribution is -2.23. The van der Waals surface area contributed by atoms with Crippen molar-refractivity contribution in [2.45, 2.75) is 33.0 Å². The van der Waals surface area contributed by atoms with Crippen LogP contribution in [0.4, 0.5) is 0 Å². The topological polar surface area (TPSA) is 27.7 Å². The number of hydrogen-bond donors (Lipinski definition) is 0. The molecular formula is C18H24O3. The van der Waals surface area contributed by atoms with E-state index in [1.807, 2.05) is 13.0 Å². The molecule has 0 aromatic carbocycles. The smallest absolute Gasteiger partial charge is 0.191 e. The molecule has 1 unspecified atom stereocenters. The summed E-state index contributed by atoms with van der Waals surface area (Å²) in [6, 6.07) is 12.6. The van der Waals surface area contributed by atoms with Crippen LogP contribution in [0.3, 0.4) is 0 Å². The molecule has 0 N–H and O–H groups in total. The highest BCUT2D eigenvalue weighted by molar-refractivity contribution is 5.73. The van der Waals surface area contributed by atoms with Crippen molar-refractivity contribution < 1.29 is 14.2 Å². The molecule has 0 amide bonds. The van der Waals surface area contributed by atoms with E-state index in [2.05, 4.69) is 44.2 Å². The average molecular weight is 288 g/mol. The minimum Gasteiger partial charge on any atom is -0.488 e. The van der Waals surface area contributed by atoms with Gasteiger partial charge >= 0.3 is 0 Å². The van der Waals surface area contributed by atoms with Crippen LogP contribution in [0.1, 0.15) is 32.3 Å². The molecule has 3 nitrogen and oxygen atoms in total. The second-order valence-corrected chi connectivity index (χ2v) is 5.32. The summed E-state index contributed by atoms with van der Waals surface area (Å²) in [7, 11) is 1.63. The van der Waals surface area contributed by atoms with Crippen molar-refractivity contribution in [1.82, 2.24) is 0 Å². The van der Waals surface area contributed by atoms with Gasteiger partial charge in [-0.15, -0.1) is 0 Å². The van der Waals surface area contributed by atoms with Crippen molar-refractivity contribution in [3.8, 4) is 16.9 Å². The molecule has 2 rings (SSSR count). The molecule has 2 aliphatic rings. The molecule has 0 fully saturated rings. The van der Waals surface area contributed by atoms with Gasteiger partial charge in [0.15, 0.2) is 6.29 Å². The zero-order chi connectivity index (χ0) is 15.2. The van der Waals surface area contributed by atoms with E-state index in [1.54, 1.807) is 7.11 Å². The van der Waals surface area contributed by atoms with Crippen molar-refractivity contribution in [3.63, 3.8) is 0 Å². The van der Waals surface area contributed by atoms with Crippen molar-refractivity contribution >= 4 is 0 Å². The van der Waals surface area contributed by atoms with E-state index in [9.17, 15) is 0 Å². The SMILES string of the molecule is CCOC(COc1ccc(C(C)C)cc2cccc1-2)OC. The molecule has 0 bridgehead atoms. The Hall–Kier alpha value is -1.58. The minimum absolute atomic E-state index is 0.338. The van der Waals surface area contributed by atoms with E-state index < -0.39 is 0 Å². The van der Waals surface area contributed by atoms with Gasteiger partial charge in [-0.25, -0.2) is 0 Å². The number of ether oxygens (including phenoxy) is 3. The van der Waals surface area contributed by atoms with E-state index in [4.69, 9.17) is 14.2 Å². The molecular weight excluding hydrogens is 264 g/mol. The lowest BCUT2D eigenvalue weighted by Gasteiger charge is -2.16. The molecule has 21 heavy (non-hydrogen) atoms. The molecule has 0 aliphatic heterocycles. The van der Waals surface area contributed by atoms with Gasteiger partial charge in [-0.05, 0) is 30.0 Å². The van der Waals surface area contributed by atoms with Gasteiger partial charge in [0.1, 0.15) is 12.4 Å². The Balaban J connectivity index is 2.22. The minimum atomic E-state index is -0.338. The summed E-state index contributed by atoms with van der Waals surface area (Å²) < 4.78 is 16.6. The van der Waals surface area contributed by atoms with E-state index in [0.29, 0.717) is 19.1 Å². The Labute approximate surface area is 127 Å². The molecule has 0 aromatic heterocycles. The highest BCUT2D eigenvalue weighted by atomic mass is 16.7. The maximum atomic E-state index is 5.93. The summed E-state index contributed by atoms with van der Waals surface area (Å²) >= 11 is 0. The molecule has 3 heteroatoms. The van der Waals surface area contributed by atoms with Crippen molar-refractivity contribution in [3.05, 3.63) is 42.0 Å². The number of methoxy groups -OCH3 is 1. The first-order valence-electron chi connectivity index (χ1n) is 7.45. The molecule has 0 spiro atoms. The van der Waals surface area contributed by atoms with Gasteiger partial charge in [-0.2, -0.15) is 0 Å². The van der Waals surface area contributed by atoms with Gasteiger partial charge in [0, 0.05) is 19.3 Å². The quantitative estimate of drug-likeness (QED) is 0.711. The van der Waals surface area contributed by atoms with E-state index >= 15 is 0 Å². The van der Waals surface area contributed by atoms with Crippen LogP contribution in [0.25, 0.3) is 11.1 Å². The Kier molecular flexibility index (Phi) is 5.59. The summed E-state index contributed by atoms with van der Waals surface area (Å²) in [5.74, 6) is 1.35. The van der Waals surface area contributed by atoms with Crippen LogP contribution in [-0.4, -0.2) is 26.6 Å². The van der Waals surface area contributed by atoms with Gasteiger partial charge < -0.3 is 14.2 Å². The molecule has 2 aliphatic carbocycles. The number of fused-ring (bicyclic) bond motifs is 1. The van der Waals surface area contributed by atoms with Gasteiger partial charge in [-0.3, -0.25) is 0 Å². The third-order valence-electron chi connectivity index (χ3n) is 3.52. The maximum absolute atomic E-state index is 5.93. The number of rotatable bonds is 7. The average Bonchev–Trinajstić information content (AvgIpc) is 2.85. The normalized spacial score (nSPS) is 12.8. The first kappa shape index (κ1) is 15.8. The molecule has 0 saturated heterocycles. The van der Waals surface area contributed by atoms with E-state index in [0.717, 1.165) is 11.3 Å². The van der Waals surface area contributed by atoms with Crippen LogP contribution < -0.4 is 4.74 Å².